The molecular weight excluding hydrogens is 288 g/mol. The van der Waals surface area contributed by atoms with Crippen LogP contribution in [0.4, 0.5) is 0 Å². The van der Waals surface area contributed by atoms with Crippen molar-refractivity contribution in [2.24, 2.45) is 0 Å². The van der Waals surface area contributed by atoms with Crippen LogP contribution in [0.2, 0.25) is 0 Å². The number of rotatable bonds is 5. The number of hydrogen-bond donors (Lipinski definition) is 1. The van der Waals surface area contributed by atoms with E-state index >= 15 is 0 Å². The van der Waals surface area contributed by atoms with Crippen molar-refractivity contribution in [3.63, 3.8) is 0 Å². The van der Waals surface area contributed by atoms with Crippen molar-refractivity contribution in [2.45, 2.75) is 6.10 Å². The SMILES string of the molecule is COCC(O)CN(C)C(=O)c1ccc(Br)cn1. The van der Waals surface area contributed by atoms with Gasteiger partial charge in [0.1, 0.15) is 5.69 Å². The first-order chi connectivity index (χ1) is 8.04. The molecule has 0 saturated heterocycles. The lowest BCUT2D eigenvalue weighted by atomic mass is 10.3. The first-order valence-corrected chi connectivity index (χ1v) is 5.88. The normalized spacial score (nSPS) is 12.2. The van der Waals surface area contributed by atoms with Gasteiger partial charge < -0.3 is 14.7 Å². The van der Waals surface area contributed by atoms with Crippen molar-refractivity contribution in [3.05, 3.63) is 28.5 Å². The smallest absolute Gasteiger partial charge is 0.272 e. The van der Waals surface area contributed by atoms with Gasteiger partial charge in [0.15, 0.2) is 0 Å². The predicted octanol–water partition coefficient (Wildman–Crippen LogP) is 0.923. The maximum absolute atomic E-state index is 11.9. The molecule has 1 atom stereocenters. The number of carbonyl (C=O) groups is 1. The van der Waals surface area contributed by atoms with Gasteiger partial charge in [0.05, 0.1) is 12.7 Å². The van der Waals surface area contributed by atoms with E-state index in [9.17, 15) is 9.90 Å². The zero-order valence-electron chi connectivity index (χ0n) is 9.76. The van der Waals surface area contributed by atoms with Crippen molar-refractivity contribution < 1.29 is 14.6 Å². The van der Waals surface area contributed by atoms with Crippen molar-refractivity contribution in [1.82, 2.24) is 9.88 Å². The first-order valence-electron chi connectivity index (χ1n) is 5.08. The van der Waals surface area contributed by atoms with Crippen LogP contribution in [-0.4, -0.2) is 54.3 Å². The van der Waals surface area contributed by atoms with Gasteiger partial charge in [-0.05, 0) is 28.1 Å². The average Bonchev–Trinajstić information content (AvgIpc) is 2.29. The number of halogens is 1. The topological polar surface area (TPSA) is 62.7 Å². The maximum Gasteiger partial charge on any atom is 0.272 e. The van der Waals surface area contributed by atoms with Gasteiger partial charge >= 0.3 is 0 Å². The van der Waals surface area contributed by atoms with Gasteiger partial charge in [0.25, 0.3) is 5.91 Å². The van der Waals surface area contributed by atoms with E-state index in [0.29, 0.717) is 5.69 Å². The molecule has 1 aromatic rings. The number of aliphatic hydroxyl groups is 1. The fourth-order valence-corrected chi connectivity index (χ4v) is 1.58. The third-order valence-electron chi connectivity index (χ3n) is 2.14. The molecule has 1 N–H and O–H groups in total. The van der Waals surface area contributed by atoms with Crippen molar-refractivity contribution >= 4 is 21.8 Å². The van der Waals surface area contributed by atoms with Crippen LogP contribution in [0, 0.1) is 0 Å². The lowest BCUT2D eigenvalue weighted by Crippen LogP contribution is -2.36. The maximum atomic E-state index is 11.9. The van der Waals surface area contributed by atoms with Gasteiger partial charge in [-0.3, -0.25) is 4.79 Å². The number of methoxy groups -OCH3 is 1. The number of likely N-dealkylation sites (N-methyl/N-ethyl adjacent to an activating group) is 1. The summed E-state index contributed by atoms with van der Waals surface area (Å²) < 4.78 is 5.61. The molecule has 0 bridgehead atoms. The second kappa shape index (κ2) is 6.68. The highest BCUT2D eigenvalue weighted by molar-refractivity contribution is 9.10. The Kier molecular flexibility index (Phi) is 5.54. The number of amides is 1. The Morgan fingerprint density at radius 3 is 2.88 bits per heavy atom. The van der Waals surface area contributed by atoms with Gasteiger partial charge in [-0.1, -0.05) is 0 Å². The Morgan fingerprint density at radius 2 is 2.35 bits per heavy atom. The van der Waals surface area contributed by atoms with E-state index in [4.69, 9.17) is 4.74 Å². The number of ether oxygens (including phenoxy) is 1. The summed E-state index contributed by atoms with van der Waals surface area (Å²) in [6.45, 7) is 0.413. The minimum Gasteiger partial charge on any atom is -0.389 e. The summed E-state index contributed by atoms with van der Waals surface area (Å²) in [5, 5.41) is 9.51. The summed E-state index contributed by atoms with van der Waals surface area (Å²) in [4.78, 5) is 17.3. The quantitative estimate of drug-likeness (QED) is 0.879. The molecule has 1 amide bonds. The molecule has 1 heterocycles. The summed E-state index contributed by atoms with van der Waals surface area (Å²) in [5.41, 5.74) is 0.348. The third-order valence-corrected chi connectivity index (χ3v) is 2.61. The van der Waals surface area contributed by atoms with Crippen LogP contribution < -0.4 is 0 Å². The Hall–Kier alpha value is -0.980. The van der Waals surface area contributed by atoms with Crippen molar-refractivity contribution in [1.29, 1.82) is 0 Å². The van der Waals surface area contributed by atoms with Crippen LogP contribution in [-0.2, 0) is 4.74 Å². The van der Waals surface area contributed by atoms with Crippen LogP contribution in [0.5, 0.6) is 0 Å². The first kappa shape index (κ1) is 14.1. The summed E-state index contributed by atoms with van der Waals surface area (Å²) in [6.07, 6.45) is 0.872. The van der Waals surface area contributed by atoms with Gasteiger partial charge in [0.2, 0.25) is 0 Å². The molecule has 1 unspecified atom stereocenters. The third kappa shape index (κ3) is 4.41. The number of aliphatic hydroxyl groups excluding tert-OH is 1. The number of aromatic nitrogens is 1. The molecule has 0 radical (unpaired) electrons. The van der Waals surface area contributed by atoms with E-state index in [1.807, 2.05) is 0 Å². The van der Waals surface area contributed by atoms with Crippen LogP contribution >= 0.6 is 15.9 Å². The largest absolute Gasteiger partial charge is 0.389 e. The number of hydrogen-bond acceptors (Lipinski definition) is 4. The number of carbonyl (C=O) groups excluding carboxylic acids is 1. The van der Waals surface area contributed by atoms with Gasteiger partial charge in [-0.15, -0.1) is 0 Å². The van der Waals surface area contributed by atoms with E-state index < -0.39 is 6.10 Å². The molecule has 94 valence electrons. The van der Waals surface area contributed by atoms with E-state index in [-0.39, 0.29) is 19.1 Å². The van der Waals surface area contributed by atoms with Crippen LogP contribution in [0.15, 0.2) is 22.8 Å². The fourth-order valence-electron chi connectivity index (χ4n) is 1.34. The minimum atomic E-state index is -0.690. The standard InChI is InChI=1S/C11H15BrN2O3/c1-14(6-9(15)7-17-2)11(16)10-4-3-8(12)5-13-10/h3-5,9,15H,6-7H2,1-2H3. The van der Waals surface area contributed by atoms with Crippen molar-refractivity contribution in [2.75, 3.05) is 27.3 Å². The second-order valence-corrected chi connectivity index (χ2v) is 4.57. The van der Waals surface area contributed by atoms with E-state index in [1.54, 1.807) is 25.4 Å². The molecule has 0 aromatic carbocycles. The molecule has 0 saturated carbocycles. The summed E-state index contributed by atoms with van der Waals surface area (Å²) in [5.74, 6) is -0.229. The monoisotopic (exact) mass is 302 g/mol. The fraction of sp³-hybridized carbons (Fsp3) is 0.455. The van der Waals surface area contributed by atoms with E-state index in [2.05, 4.69) is 20.9 Å². The Bertz CT molecular complexity index is 369. The Labute approximate surface area is 109 Å². The highest BCUT2D eigenvalue weighted by atomic mass is 79.9. The van der Waals surface area contributed by atoms with E-state index in [1.165, 1.54) is 12.0 Å². The lowest BCUT2D eigenvalue weighted by molar-refractivity contribution is 0.0378. The Balaban J connectivity index is 2.60. The predicted molar refractivity (Wildman–Crippen MR) is 66.8 cm³/mol. The highest BCUT2D eigenvalue weighted by Gasteiger charge is 2.16. The Morgan fingerprint density at radius 1 is 1.65 bits per heavy atom. The molecule has 17 heavy (non-hydrogen) atoms. The molecule has 0 aliphatic rings. The molecule has 0 fully saturated rings. The second-order valence-electron chi connectivity index (χ2n) is 3.66. The zero-order valence-corrected chi connectivity index (χ0v) is 11.3. The molecule has 0 aliphatic carbocycles. The molecule has 1 rings (SSSR count). The number of pyridine rings is 1. The van der Waals surface area contributed by atoms with Crippen LogP contribution in [0.1, 0.15) is 10.5 Å². The summed E-state index contributed by atoms with van der Waals surface area (Å²) >= 11 is 3.25. The van der Waals surface area contributed by atoms with Gasteiger partial charge in [-0.25, -0.2) is 4.98 Å². The molecule has 5 nitrogen and oxygen atoms in total. The minimum absolute atomic E-state index is 0.200. The van der Waals surface area contributed by atoms with Crippen molar-refractivity contribution in [3.8, 4) is 0 Å². The van der Waals surface area contributed by atoms with Crippen LogP contribution in [0.3, 0.4) is 0 Å². The van der Waals surface area contributed by atoms with Gasteiger partial charge in [-0.2, -0.15) is 0 Å². The zero-order chi connectivity index (χ0) is 12.8. The van der Waals surface area contributed by atoms with Crippen LogP contribution in [0.25, 0.3) is 0 Å². The average molecular weight is 303 g/mol. The highest BCUT2D eigenvalue weighted by Crippen LogP contribution is 2.08. The summed E-state index contributed by atoms with van der Waals surface area (Å²) in [6, 6.07) is 3.38. The van der Waals surface area contributed by atoms with Gasteiger partial charge in [0, 0.05) is 31.4 Å². The molecule has 1 aromatic heterocycles. The molecule has 6 heteroatoms. The molecule has 0 aliphatic heterocycles. The molecular formula is C11H15BrN2O3. The molecule has 0 spiro atoms. The lowest BCUT2D eigenvalue weighted by Gasteiger charge is -2.20. The number of nitrogens with zero attached hydrogens (tertiary/aromatic N) is 2. The van der Waals surface area contributed by atoms with E-state index in [0.717, 1.165) is 4.47 Å². The summed E-state index contributed by atoms with van der Waals surface area (Å²) in [7, 11) is 3.12.